The van der Waals surface area contributed by atoms with Crippen LogP contribution in [0.5, 0.6) is 0 Å². The molecule has 2 aromatic rings. The van der Waals surface area contributed by atoms with Crippen LogP contribution in [0.2, 0.25) is 0 Å². The lowest BCUT2D eigenvalue weighted by molar-refractivity contribution is 0.604. The molecular weight excluding hydrogens is 200 g/mol. The van der Waals surface area contributed by atoms with Crippen LogP contribution in [0.1, 0.15) is 24.2 Å². The maximum absolute atomic E-state index is 4.37. The normalized spacial score (nSPS) is 12.9. The number of nitrogens with one attached hydrogen (secondary N) is 1. The van der Waals surface area contributed by atoms with E-state index >= 15 is 0 Å². The van der Waals surface area contributed by atoms with Crippen molar-refractivity contribution in [3.05, 3.63) is 42.4 Å². The van der Waals surface area contributed by atoms with E-state index in [1.165, 1.54) is 0 Å². The molecule has 2 aromatic heterocycles. The minimum absolute atomic E-state index is 0.249. The lowest BCUT2D eigenvalue weighted by Crippen LogP contribution is -2.20. The van der Waals surface area contributed by atoms with Crippen molar-refractivity contribution in [1.29, 1.82) is 0 Å². The van der Waals surface area contributed by atoms with Gasteiger partial charge in [0.15, 0.2) is 5.65 Å². The maximum Gasteiger partial charge on any atom is 0.155 e. The van der Waals surface area contributed by atoms with E-state index in [-0.39, 0.29) is 6.04 Å². The Labute approximate surface area is 95.0 Å². The fourth-order valence-electron chi connectivity index (χ4n) is 1.80. The molecule has 0 aliphatic heterocycles. The summed E-state index contributed by atoms with van der Waals surface area (Å²) < 4.78 is 1.86. The first-order valence-electron chi connectivity index (χ1n) is 5.37. The molecule has 4 nitrogen and oxygen atoms in total. The van der Waals surface area contributed by atoms with Crippen LogP contribution in [0.3, 0.4) is 0 Å². The quantitative estimate of drug-likeness (QED) is 0.793. The number of aromatic nitrogens is 3. The summed E-state index contributed by atoms with van der Waals surface area (Å²) >= 11 is 0. The number of hydrogen-bond donors (Lipinski definition) is 1. The first kappa shape index (κ1) is 10.8. The van der Waals surface area contributed by atoms with Gasteiger partial charge in [-0.15, -0.1) is 6.58 Å². The Morgan fingerprint density at radius 3 is 3.19 bits per heavy atom. The Morgan fingerprint density at radius 1 is 1.62 bits per heavy atom. The van der Waals surface area contributed by atoms with Crippen LogP contribution in [0, 0.1) is 6.92 Å². The smallest absolute Gasteiger partial charge is 0.155 e. The highest BCUT2D eigenvalue weighted by Crippen LogP contribution is 2.16. The third-order valence-corrected chi connectivity index (χ3v) is 2.73. The fraction of sp³-hybridized carbons (Fsp3) is 0.333. The van der Waals surface area contributed by atoms with Gasteiger partial charge in [-0.25, -0.2) is 9.50 Å². The Hall–Kier alpha value is -1.68. The number of hydrogen-bond acceptors (Lipinski definition) is 3. The predicted octanol–water partition coefficient (Wildman–Crippen LogP) is 1.87. The van der Waals surface area contributed by atoms with Gasteiger partial charge in [-0.05, 0) is 13.8 Å². The Bertz CT molecular complexity index is 501. The maximum atomic E-state index is 4.37. The Morgan fingerprint density at radius 2 is 2.44 bits per heavy atom. The van der Waals surface area contributed by atoms with Crippen molar-refractivity contribution in [3.63, 3.8) is 0 Å². The van der Waals surface area contributed by atoms with E-state index in [1.54, 1.807) is 6.20 Å². The number of aryl methyl sites for hydroxylation is 1. The third-order valence-electron chi connectivity index (χ3n) is 2.73. The van der Waals surface area contributed by atoms with Crippen LogP contribution in [0.15, 0.2) is 31.1 Å². The molecule has 1 N–H and O–H groups in total. The van der Waals surface area contributed by atoms with Gasteiger partial charge >= 0.3 is 0 Å². The van der Waals surface area contributed by atoms with Gasteiger partial charge in [0.1, 0.15) is 0 Å². The second-order valence-electron chi connectivity index (χ2n) is 3.82. The molecule has 4 heteroatoms. The van der Waals surface area contributed by atoms with Gasteiger partial charge in [0.2, 0.25) is 0 Å². The average molecular weight is 216 g/mol. The van der Waals surface area contributed by atoms with Gasteiger partial charge in [-0.3, -0.25) is 0 Å². The van der Waals surface area contributed by atoms with Crippen molar-refractivity contribution < 1.29 is 0 Å². The van der Waals surface area contributed by atoms with Gasteiger partial charge in [-0.1, -0.05) is 6.08 Å². The van der Waals surface area contributed by atoms with Gasteiger partial charge < -0.3 is 5.32 Å². The van der Waals surface area contributed by atoms with Gasteiger partial charge in [0.25, 0.3) is 0 Å². The molecule has 84 valence electrons. The van der Waals surface area contributed by atoms with Crippen LogP contribution in [0.25, 0.3) is 5.65 Å². The molecule has 2 rings (SSSR count). The molecule has 0 bridgehead atoms. The van der Waals surface area contributed by atoms with Crippen molar-refractivity contribution >= 4 is 5.65 Å². The first-order chi connectivity index (χ1) is 7.74. The van der Waals surface area contributed by atoms with Crippen LogP contribution in [-0.2, 0) is 0 Å². The zero-order chi connectivity index (χ0) is 11.5. The monoisotopic (exact) mass is 216 g/mol. The van der Waals surface area contributed by atoms with E-state index in [4.69, 9.17) is 0 Å². The minimum Gasteiger partial charge on any atom is -0.307 e. The van der Waals surface area contributed by atoms with Crippen LogP contribution >= 0.6 is 0 Å². The summed E-state index contributed by atoms with van der Waals surface area (Å²) in [5, 5.41) is 7.59. The largest absolute Gasteiger partial charge is 0.307 e. The highest BCUT2D eigenvalue weighted by molar-refractivity contribution is 5.39. The van der Waals surface area contributed by atoms with E-state index in [0.29, 0.717) is 0 Å². The molecular formula is C12H16N4. The summed E-state index contributed by atoms with van der Waals surface area (Å²) in [4.78, 5) is 4.37. The van der Waals surface area contributed by atoms with Crippen molar-refractivity contribution in [2.24, 2.45) is 0 Å². The predicted molar refractivity (Wildman–Crippen MR) is 64.3 cm³/mol. The third kappa shape index (κ3) is 1.84. The van der Waals surface area contributed by atoms with E-state index in [1.807, 2.05) is 22.9 Å². The van der Waals surface area contributed by atoms with Gasteiger partial charge in [0, 0.05) is 36.1 Å². The standard InChI is InChI=1S/C12H16N4/c1-4-6-13-9(2)11-8-14-12-5-7-15-16(12)10(11)3/h4-5,7-9,13H,1,6H2,2-3H3/t9-/m0/s1. The molecule has 0 aliphatic rings. The highest BCUT2D eigenvalue weighted by Gasteiger charge is 2.10. The van der Waals surface area contributed by atoms with E-state index < -0.39 is 0 Å². The molecule has 0 saturated carbocycles. The molecule has 0 aliphatic carbocycles. The Kier molecular flexibility index (Phi) is 3.01. The molecule has 16 heavy (non-hydrogen) atoms. The van der Waals surface area contributed by atoms with E-state index in [0.717, 1.165) is 23.4 Å². The van der Waals surface area contributed by atoms with Gasteiger partial charge in [-0.2, -0.15) is 5.10 Å². The second-order valence-corrected chi connectivity index (χ2v) is 3.82. The summed E-state index contributed by atoms with van der Waals surface area (Å²) in [6.07, 6.45) is 5.53. The van der Waals surface area contributed by atoms with Crippen LogP contribution in [-0.4, -0.2) is 21.1 Å². The minimum atomic E-state index is 0.249. The molecule has 0 spiro atoms. The van der Waals surface area contributed by atoms with Gasteiger partial charge in [0.05, 0.1) is 6.20 Å². The van der Waals surface area contributed by atoms with Crippen LogP contribution < -0.4 is 5.32 Å². The summed E-state index contributed by atoms with van der Waals surface area (Å²) in [5.41, 5.74) is 3.18. The highest BCUT2D eigenvalue weighted by atomic mass is 15.2. The van der Waals surface area contributed by atoms with E-state index in [9.17, 15) is 0 Å². The number of rotatable bonds is 4. The first-order valence-corrected chi connectivity index (χ1v) is 5.37. The Balaban J connectivity index is 2.36. The summed E-state index contributed by atoms with van der Waals surface area (Å²) in [6, 6.07) is 2.15. The average Bonchev–Trinajstić information content (AvgIpc) is 2.75. The number of nitrogens with zero attached hydrogens (tertiary/aromatic N) is 3. The molecule has 0 aromatic carbocycles. The molecule has 0 amide bonds. The number of fused-ring (bicyclic) bond motifs is 1. The SMILES string of the molecule is C=CCN[C@@H](C)c1cnc2ccnn2c1C. The van der Waals surface area contributed by atoms with Crippen molar-refractivity contribution in [3.8, 4) is 0 Å². The molecule has 0 saturated heterocycles. The van der Waals surface area contributed by atoms with Crippen molar-refractivity contribution in [2.45, 2.75) is 19.9 Å². The molecule has 0 unspecified atom stereocenters. The molecule has 1 atom stereocenters. The summed E-state index contributed by atoms with van der Waals surface area (Å²) in [6.45, 7) is 8.66. The molecule has 2 heterocycles. The summed E-state index contributed by atoms with van der Waals surface area (Å²) in [7, 11) is 0. The second kappa shape index (κ2) is 4.45. The zero-order valence-electron chi connectivity index (χ0n) is 9.64. The fourth-order valence-corrected chi connectivity index (χ4v) is 1.80. The topological polar surface area (TPSA) is 42.2 Å². The van der Waals surface area contributed by atoms with Crippen molar-refractivity contribution in [2.75, 3.05) is 6.54 Å². The molecule has 0 fully saturated rings. The van der Waals surface area contributed by atoms with Crippen LogP contribution in [0.4, 0.5) is 0 Å². The molecule has 0 radical (unpaired) electrons. The summed E-state index contributed by atoms with van der Waals surface area (Å²) in [5.74, 6) is 0. The lowest BCUT2D eigenvalue weighted by atomic mass is 10.1. The zero-order valence-corrected chi connectivity index (χ0v) is 9.64. The lowest BCUT2D eigenvalue weighted by Gasteiger charge is -2.15. The van der Waals surface area contributed by atoms with Crippen molar-refractivity contribution in [1.82, 2.24) is 19.9 Å². The van der Waals surface area contributed by atoms with E-state index in [2.05, 4.69) is 35.8 Å².